The Morgan fingerprint density at radius 2 is 2.00 bits per heavy atom. The number of rotatable bonds is 5. The molecule has 1 fully saturated rings. The minimum Gasteiger partial charge on any atom is -0.354 e. The van der Waals surface area contributed by atoms with Crippen LogP contribution in [0.15, 0.2) is 12.3 Å². The van der Waals surface area contributed by atoms with Crippen LogP contribution in [0.4, 0.5) is 19.1 Å². The van der Waals surface area contributed by atoms with Crippen molar-refractivity contribution in [2.24, 2.45) is 5.92 Å². The molecule has 4 nitrogen and oxygen atoms in total. The first-order valence-corrected chi connectivity index (χ1v) is 7.31. The van der Waals surface area contributed by atoms with Gasteiger partial charge in [-0.2, -0.15) is 13.2 Å². The largest absolute Gasteiger partial charge is 0.433 e. The van der Waals surface area contributed by atoms with E-state index in [9.17, 15) is 13.2 Å². The molecule has 1 aliphatic heterocycles. The van der Waals surface area contributed by atoms with Gasteiger partial charge in [-0.15, -0.1) is 0 Å². The van der Waals surface area contributed by atoms with Gasteiger partial charge in [0.1, 0.15) is 5.69 Å². The standard InChI is InChI=1S/C14H21F3N4/c1-11(10-21-7-3-2-4-8-21)9-19-13-18-6-5-12(20-13)14(15,16)17/h5-6,11H,2-4,7-10H2,1H3,(H,18,19,20). The normalized spacial score (nSPS) is 18.5. The Labute approximate surface area is 122 Å². The molecule has 1 aromatic rings. The molecule has 1 N–H and O–H groups in total. The molecule has 0 radical (unpaired) electrons. The highest BCUT2D eigenvalue weighted by molar-refractivity contribution is 5.26. The van der Waals surface area contributed by atoms with Gasteiger partial charge < -0.3 is 10.2 Å². The minimum absolute atomic E-state index is 0.0373. The van der Waals surface area contributed by atoms with Gasteiger partial charge in [-0.3, -0.25) is 0 Å². The zero-order valence-corrected chi connectivity index (χ0v) is 12.2. The van der Waals surface area contributed by atoms with Crippen LogP contribution in [0, 0.1) is 5.92 Å². The minimum atomic E-state index is -4.43. The summed E-state index contributed by atoms with van der Waals surface area (Å²) in [5.74, 6) is 0.372. The van der Waals surface area contributed by atoms with E-state index in [0.29, 0.717) is 12.5 Å². The zero-order valence-electron chi connectivity index (χ0n) is 12.2. The van der Waals surface area contributed by atoms with Gasteiger partial charge in [0, 0.05) is 19.3 Å². The average molecular weight is 302 g/mol. The van der Waals surface area contributed by atoms with E-state index in [1.54, 1.807) is 0 Å². The van der Waals surface area contributed by atoms with Crippen LogP contribution >= 0.6 is 0 Å². The molecule has 0 saturated carbocycles. The van der Waals surface area contributed by atoms with Gasteiger partial charge in [-0.1, -0.05) is 13.3 Å². The van der Waals surface area contributed by atoms with Crippen molar-refractivity contribution in [1.82, 2.24) is 14.9 Å². The van der Waals surface area contributed by atoms with Crippen molar-refractivity contribution in [2.75, 3.05) is 31.5 Å². The zero-order chi connectivity index (χ0) is 15.3. The molecule has 1 aromatic heterocycles. The van der Waals surface area contributed by atoms with Crippen LogP contribution in [0.3, 0.4) is 0 Å². The predicted octanol–water partition coefficient (Wildman–Crippen LogP) is 3.03. The topological polar surface area (TPSA) is 41.1 Å². The summed E-state index contributed by atoms with van der Waals surface area (Å²) >= 11 is 0. The highest BCUT2D eigenvalue weighted by Crippen LogP contribution is 2.27. The van der Waals surface area contributed by atoms with Crippen molar-refractivity contribution in [3.8, 4) is 0 Å². The molecule has 118 valence electrons. The molecule has 1 unspecified atom stereocenters. The van der Waals surface area contributed by atoms with Crippen molar-refractivity contribution >= 4 is 5.95 Å². The smallest absolute Gasteiger partial charge is 0.354 e. The lowest BCUT2D eigenvalue weighted by atomic mass is 10.1. The Kier molecular flexibility index (Phi) is 5.39. The fourth-order valence-corrected chi connectivity index (χ4v) is 2.51. The van der Waals surface area contributed by atoms with Gasteiger partial charge in [0.05, 0.1) is 0 Å². The molecule has 7 heteroatoms. The van der Waals surface area contributed by atoms with E-state index < -0.39 is 11.9 Å². The predicted molar refractivity (Wildman–Crippen MR) is 75.0 cm³/mol. The maximum absolute atomic E-state index is 12.6. The van der Waals surface area contributed by atoms with Crippen molar-refractivity contribution < 1.29 is 13.2 Å². The molecule has 0 spiro atoms. The summed E-state index contributed by atoms with van der Waals surface area (Å²) < 4.78 is 37.7. The molecule has 0 amide bonds. The molecule has 2 rings (SSSR count). The van der Waals surface area contributed by atoms with Crippen molar-refractivity contribution in [3.63, 3.8) is 0 Å². The van der Waals surface area contributed by atoms with Crippen LogP contribution in [0.5, 0.6) is 0 Å². The van der Waals surface area contributed by atoms with Gasteiger partial charge in [-0.25, -0.2) is 9.97 Å². The molecule has 0 aromatic carbocycles. The molecule has 1 aliphatic rings. The number of nitrogens with one attached hydrogen (secondary N) is 1. The van der Waals surface area contributed by atoms with Gasteiger partial charge in [-0.05, 0) is 37.9 Å². The molecule has 1 atom stereocenters. The maximum atomic E-state index is 12.6. The Morgan fingerprint density at radius 3 is 2.67 bits per heavy atom. The molecular formula is C14H21F3N4. The lowest BCUT2D eigenvalue weighted by Crippen LogP contribution is -2.35. The Balaban J connectivity index is 1.82. The summed E-state index contributed by atoms with van der Waals surface area (Å²) in [7, 11) is 0. The maximum Gasteiger partial charge on any atom is 0.433 e. The lowest BCUT2D eigenvalue weighted by Gasteiger charge is -2.29. The third kappa shape index (κ3) is 5.15. The van der Waals surface area contributed by atoms with Gasteiger partial charge >= 0.3 is 6.18 Å². The number of nitrogens with zero attached hydrogens (tertiary/aromatic N) is 3. The third-order valence-electron chi connectivity index (χ3n) is 3.57. The molecule has 0 aliphatic carbocycles. The van der Waals surface area contributed by atoms with E-state index in [0.717, 1.165) is 31.9 Å². The second-order valence-electron chi connectivity index (χ2n) is 5.61. The first-order valence-electron chi connectivity index (χ1n) is 7.31. The monoisotopic (exact) mass is 302 g/mol. The number of aromatic nitrogens is 2. The quantitative estimate of drug-likeness (QED) is 0.907. The van der Waals surface area contributed by atoms with E-state index >= 15 is 0 Å². The summed E-state index contributed by atoms with van der Waals surface area (Å²) in [4.78, 5) is 9.74. The first kappa shape index (κ1) is 16.0. The van der Waals surface area contributed by atoms with E-state index in [-0.39, 0.29) is 5.95 Å². The summed E-state index contributed by atoms with van der Waals surface area (Å²) in [6.45, 7) is 5.83. The number of halogens is 3. The number of hydrogen-bond acceptors (Lipinski definition) is 4. The summed E-state index contributed by atoms with van der Waals surface area (Å²) in [5.41, 5.74) is -0.913. The summed E-state index contributed by atoms with van der Waals surface area (Å²) in [5, 5.41) is 2.90. The van der Waals surface area contributed by atoms with Crippen molar-refractivity contribution in [3.05, 3.63) is 18.0 Å². The van der Waals surface area contributed by atoms with Crippen LogP contribution < -0.4 is 5.32 Å². The highest BCUT2D eigenvalue weighted by atomic mass is 19.4. The van der Waals surface area contributed by atoms with Crippen LogP contribution in [0.2, 0.25) is 0 Å². The lowest BCUT2D eigenvalue weighted by molar-refractivity contribution is -0.141. The number of hydrogen-bond donors (Lipinski definition) is 1. The van der Waals surface area contributed by atoms with E-state index in [4.69, 9.17) is 0 Å². The molecule has 1 saturated heterocycles. The average Bonchev–Trinajstić information content (AvgIpc) is 2.46. The van der Waals surface area contributed by atoms with Gasteiger partial charge in [0.2, 0.25) is 5.95 Å². The Morgan fingerprint density at radius 1 is 1.29 bits per heavy atom. The van der Waals surface area contributed by atoms with Crippen LogP contribution in [-0.4, -0.2) is 41.0 Å². The SMILES string of the molecule is CC(CNc1nccc(C(F)(F)F)n1)CN1CCCCC1. The number of anilines is 1. The van der Waals surface area contributed by atoms with Crippen LogP contribution in [0.1, 0.15) is 31.9 Å². The molecular weight excluding hydrogens is 281 g/mol. The fourth-order valence-electron chi connectivity index (χ4n) is 2.51. The Bertz CT molecular complexity index is 444. The van der Waals surface area contributed by atoms with Crippen LogP contribution in [0.25, 0.3) is 0 Å². The number of piperidine rings is 1. The van der Waals surface area contributed by atoms with E-state index in [1.165, 1.54) is 19.3 Å². The first-order chi connectivity index (χ1) is 9.95. The second-order valence-corrected chi connectivity index (χ2v) is 5.61. The summed E-state index contributed by atoms with van der Waals surface area (Å²) in [6, 6.07) is 0.877. The van der Waals surface area contributed by atoms with E-state index in [2.05, 4.69) is 27.1 Å². The molecule has 2 heterocycles. The number of likely N-dealkylation sites (tertiary alicyclic amines) is 1. The third-order valence-corrected chi connectivity index (χ3v) is 3.57. The molecule has 21 heavy (non-hydrogen) atoms. The van der Waals surface area contributed by atoms with Crippen molar-refractivity contribution in [1.29, 1.82) is 0 Å². The summed E-state index contributed by atoms with van der Waals surface area (Å²) in [6.07, 6.45) is 0.460. The number of alkyl halides is 3. The fraction of sp³-hybridized carbons (Fsp3) is 0.714. The molecule has 0 bridgehead atoms. The van der Waals surface area contributed by atoms with Crippen LogP contribution in [-0.2, 0) is 6.18 Å². The Hall–Kier alpha value is -1.37. The second kappa shape index (κ2) is 7.06. The highest BCUT2D eigenvalue weighted by Gasteiger charge is 2.32. The van der Waals surface area contributed by atoms with Gasteiger partial charge in [0.15, 0.2) is 0 Å². The van der Waals surface area contributed by atoms with Crippen molar-refractivity contribution in [2.45, 2.75) is 32.4 Å². The van der Waals surface area contributed by atoms with Gasteiger partial charge in [0.25, 0.3) is 0 Å². The van der Waals surface area contributed by atoms with E-state index in [1.807, 2.05) is 0 Å².